The number of alkyl halides is 1. The van der Waals surface area contributed by atoms with E-state index in [4.69, 9.17) is 0 Å². The highest BCUT2D eigenvalue weighted by atomic mass is 127. The van der Waals surface area contributed by atoms with Crippen LogP contribution in [0.4, 0.5) is 0 Å². The lowest BCUT2D eigenvalue weighted by atomic mass is 10.2. The summed E-state index contributed by atoms with van der Waals surface area (Å²) in [5.41, 5.74) is 2.39. The van der Waals surface area contributed by atoms with Gasteiger partial charge >= 0.3 is 0 Å². The Morgan fingerprint density at radius 2 is 2.08 bits per heavy atom. The molecular formula is C9H12I2N2. The average molecular weight is 402 g/mol. The molecule has 1 aromatic rings. The van der Waals surface area contributed by atoms with Crippen LogP contribution in [0.15, 0.2) is 18.2 Å². The number of aryl methyl sites for hydroxylation is 1. The Balaban J connectivity index is 2.46. The molecule has 0 unspecified atom stereocenters. The fourth-order valence-corrected chi connectivity index (χ4v) is 1.89. The third-order valence-corrected chi connectivity index (χ3v) is 3.03. The fourth-order valence-electron chi connectivity index (χ4n) is 1.08. The lowest BCUT2D eigenvalue weighted by Crippen LogP contribution is -2.02. The number of hydrogen-bond donors (Lipinski definition) is 1. The van der Waals surface area contributed by atoms with Gasteiger partial charge in [-0.15, -0.1) is 0 Å². The Kier molecular flexibility index (Phi) is 6.22. The molecule has 1 rings (SSSR count). The molecule has 2 nitrogen and oxygen atoms in total. The molecule has 0 aliphatic carbocycles. The van der Waals surface area contributed by atoms with Crippen LogP contribution >= 0.6 is 45.5 Å². The van der Waals surface area contributed by atoms with Crippen molar-refractivity contribution in [3.63, 3.8) is 0 Å². The molecule has 0 fully saturated rings. The van der Waals surface area contributed by atoms with Gasteiger partial charge in [-0.05, 0) is 25.0 Å². The minimum atomic E-state index is 0.996. The zero-order valence-corrected chi connectivity index (χ0v) is 11.6. The van der Waals surface area contributed by atoms with Gasteiger partial charge in [0, 0.05) is 39.5 Å². The maximum atomic E-state index is 4.53. The third kappa shape index (κ3) is 4.55. The van der Waals surface area contributed by atoms with Gasteiger partial charge in [0.15, 0.2) is 0 Å². The summed E-state index contributed by atoms with van der Waals surface area (Å²) in [4.78, 5) is 4.53. The lowest BCUT2D eigenvalue weighted by Gasteiger charge is -2.01. The number of pyridine rings is 1. The Morgan fingerprint density at radius 1 is 1.31 bits per heavy atom. The molecule has 13 heavy (non-hydrogen) atoms. The summed E-state index contributed by atoms with van der Waals surface area (Å²) in [5, 5.41) is 0. The van der Waals surface area contributed by atoms with Crippen molar-refractivity contribution in [3.05, 3.63) is 29.6 Å². The summed E-state index contributed by atoms with van der Waals surface area (Å²) in [5.74, 6) is 0. The maximum absolute atomic E-state index is 4.53. The molecule has 0 radical (unpaired) electrons. The van der Waals surface area contributed by atoms with Gasteiger partial charge in [0.2, 0.25) is 0 Å². The highest BCUT2D eigenvalue weighted by molar-refractivity contribution is 14.1. The Morgan fingerprint density at radius 3 is 2.77 bits per heavy atom. The maximum Gasteiger partial charge on any atom is 0.0504 e. The molecule has 0 spiro atoms. The minimum absolute atomic E-state index is 0.996. The SMILES string of the molecule is ICc1cccc(CCCNI)n1. The third-order valence-electron chi connectivity index (χ3n) is 1.71. The first kappa shape index (κ1) is 11.6. The molecule has 0 aliphatic heterocycles. The van der Waals surface area contributed by atoms with Gasteiger partial charge in [-0.1, -0.05) is 28.7 Å². The molecule has 0 amide bonds. The quantitative estimate of drug-likeness (QED) is 0.355. The Labute approximate surface area is 107 Å². The number of aromatic nitrogens is 1. The van der Waals surface area contributed by atoms with Crippen molar-refractivity contribution in [3.8, 4) is 0 Å². The van der Waals surface area contributed by atoms with E-state index in [1.807, 2.05) is 0 Å². The normalized spacial score (nSPS) is 10.3. The van der Waals surface area contributed by atoms with Crippen molar-refractivity contribution < 1.29 is 0 Å². The fraction of sp³-hybridized carbons (Fsp3) is 0.444. The van der Waals surface area contributed by atoms with E-state index >= 15 is 0 Å². The van der Waals surface area contributed by atoms with Gasteiger partial charge in [0.05, 0.1) is 5.69 Å². The molecule has 72 valence electrons. The van der Waals surface area contributed by atoms with Crippen molar-refractivity contribution in [2.45, 2.75) is 17.3 Å². The first-order valence-corrected chi connectivity index (χ1v) is 6.81. The molecular weight excluding hydrogens is 390 g/mol. The molecule has 0 aromatic carbocycles. The minimum Gasteiger partial charge on any atom is -0.261 e. The van der Waals surface area contributed by atoms with Crippen LogP contribution in [0.25, 0.3) is 0 Å². The summed E-state index contributed by atoms with van der Waals surface area (Å²) in [6.45, 7) is 1.05. The number of nitrogens with zero attached hydrogens (tertiary/aromatic N) is 1. The molecule has 0 bridgehead atoms. The largest absolute Gasteiger partial charge is 0.261 e. The standard InChI is InChI=1S/C9H12I2N2/c10-7-9-4-1-3-8(13-9)5-2-6-12-11/h1,3-4,12H,2,5-7H2. The predicted octanol–water partition coefficient (Wildman–Crippen LogP) is 2.89. The molecule has 0 saturated heterocycles. The van der Waals surface area contributed by atoms with E-state index in [-0.39, 0.29) is 0 Å². The van der Waals surface area contributed by atoms with E-state index in [0.29, 0.717) is 0 Å². The number of nitrogens with one attached hydrogen (secondary N) is 1. The highest BCUT2D eigenvalue weighted by Gasteiger charge is 1.96. The van der Waals surface area contributed by atoms with Crippen molar-refractivity contribution in [2.75, 3.05) is 6.54 Å². The van der Waals surface area contributed by atoms with Gasteiger partial charge in [0.25, 0.3) is 0 Å². The van der Waals surface area contributed by atoms with Gasteiger partial charge in [-0.2, -0.15) is 0 Å². The average Bonchev–Trinajstić information content (AvgIpc) is 2.19. The van der Waals surface area contributed by atoms with Crippen molar-refractivity contribution in [1.82, 2.24) is 8.51 Å². The molecule has 1 heterocycles. The molecule has 0 saturated carbocycles. The van der Waals surface area contributed by atoms with Gasteiger partial charge in [-0.25, -0.2) is 0 Å². The second-order valence-electron chi connectivity index (χ2n) is 2.74. The Bertz CT molecular complexity index is 253. The summed E-state index contributed by atoms with van der Waals surface area (Å²) in [6, 6.07) is 6.27. The van der Waals surface area contributed by atoms with Crippen molar-refractivity contribution >= 4 is 45.5 Å². The Hall–Kier alpha value is 0.570. The molecule has 4 heteroatoms. The van der Waals surface area contributed by atoms with Gasteiger partial charge < -0.3 is 0 Å². The first-order chi connectivity index (χ1) is 6.36. The first-order valence-electron chi connectivity index (χ1n) is 4.21. The topological polar surface area (TPSA) is 24.9 Å². The second-order valence-corrected chi connectivity index (χ2v) is 4.27. The smallest absolute Gasteiger partial charge is 0.0504 e. The lowest BCUT2D eigenvalue weighted by molar-refractivity contribution is 0.789. The van der Waals surface area contributed by atoms with E-state index in [1.165, 1.54) is 11.4 Å². The van der Waals surface area contributed by atoms with E-state index in [9.17, 15) is 0 Å². The molecule has 0 aliphatic rings. The summed E-state index contributed by atoms with van der Waals surface area (Å²) < 4.78 is 4.10. The van der Waals surface area contributed by atoms with Crippen LogP contribution in [0.2, 0.25) is 0 Å². The summed E-state index contributed by atoms with van der Waals surface area (Å²) >= 11 is 4.51. The van der Waals surface area contributed by atoms with Gasteiger partial charge in [0.1, 0.15) is 0 Å². The summed E-state index contributed by atoms with van der Waals surface area (Å²) in [6.07, 6.45) is 2.22. The van der Waals surface area contributed by atoms with Crippen molar-refractivity contribution in [2.24, 2.45) is 0 Å². The van der Waals surface area contributed by atoms with E-state index in [1.54, 1.807) is 0 Å². The van der Waals surface area contributed by atoms with E-state index < -0.39 is 0 Å². The zero-order chi connectivity index (χ0) is 9.52. The number of hydrogen-bond acceptors (Lipinski definition) is 2. The van der Waals surface area contributed by atoms with Crippen LogP contribution in [-0.4, -0.2) is 11.5 Å². The van der Waals surface area contributed by atoms with Crippen LogP contribution in [-0.2, 0) is 10.8 Å². The van der Waals surface area contributed by atoms with E-state index in [2.05, 4.69) is 72.2 Å². The van der Waals surface area contributed by atoms with Crippen LogP contribution in [0.3, 0.4) is 0 Å². The van der Waals surface area contributed by atoms with Gasteiger partial charge in [-0.3, -0.25) is 8.51 Å². The van der Waals surface area contributed by atoms with E-state index in [0.717, 1.165) is 23.8 Å². The number of halogens is 2. The van der Waals surface area contributed by atoms with Crippen LogP contribution < -0.4 is 3.53 Å². The van der Waals surface area contributed by atoms with Crippen molar-refractivity contribution in [1.29, 1.82) is 0 Å². The predicted molar refractivity (Wildman–Crippen MR) is 72.3 cm³/mol. The van der Waals surface area contributed by atoms with Crippen LogP contribution in [0, 0.1) is 0 Å². The van der Waals surface area contributed by atoms with Crippen LogP contribution in [0.5, 0.6) is 0 Å². The monoisotopic (exact) mass is 402 g/mol. The van der Waals surface area contributed by atoms with Crippen LogP contribution in [0.1, 0.15) is 17.8 Å². The second kappa shape index (κ2) is 6.94. The highest BCUT2D eigenvalue weighted by Crippen LogP contribution is 2.05. The number of rotatable bonds is 5. The molecule has 1 N–H and O–H groups in total. The molecule has 1 aromatic heterocycles. The summed E-state index contributed by atoms with van der Waals surface area (Å²) in [7, 11) is 0. The zero-order valence-electron chi connectivity index (χ0n) is 7.26. The molecule has 0 atom stereocenters.